The molecule has 0 saturated heterocycles. The van der Waals surface area contributed by atoms with Crippen molar-refractivity contribution in [1.82, 2.24) is 0 Å². The fourth-order valence-electron chi connectivity index (χ4n) is 1.61. The highest BCUT2D eigenvalue weighted by Crippen LogP contribution is 2.23. The number of nitrogens with one attached hydrogen (secondary N) is 1. The highest BCUT2D eigenvalue weighted by molar-refractivity contribution is 9.10. The summed E-state index contributed by atoms with van der Waals surface area (Å²) in [4.78, 5) is 12.1. The van der Waals surface area contributed by atoms with Crippen molar-refractivity contribution >= 4 is 33.4 Å². The van der Waals surface area contributed by atoms with Gasteiger partial charge in [0.05, 0.1) is 5.69 Å². The Morgan fingerprint density at radius 3 is 2.56 bits per heavy atom. The second kappa shape index (κ2) is 6.39. The van der Waals surface area contributed by atoms with Gasteiger partial charge >= 0.3 is 0 Å². The van der Waals surface area contributed by atoms with Gasteiger partial charge in [0.1, 0.15) is 5.92 Å². The fourth-order valence-corrected chi connectivity index (χ4v) is 2.00. The summed E-state index contributed by atoms with van der Waals surface area (Å²) >= 11 is 3.34. The van der Waals surface area contributed by atoms with Crippen LogP contribution in [0.3, 0.4) is 0 Å². The number of nitrogens with zero attached hydrogens (tertiary/aromatic N) is 1. The van der Waals surface area contributed by atoms with Crippen molar-refractivity contribution in [2.24, 2.45) is 22.7 Å². The van der Waals surface area contributed by atoms with Crippen molar-refractivity contribution in [2.45, 2.75) is 13.8 Å². The molecule has 0 radical (unpaired) electrons. The van der Waals surface area contributed by atoms with E-state index in [0.717, 1.165) is 4.47 Å². The molecule has 1 unspecified atom stereocenters. The van der Waals surface area contributed by atoms with E-state index in [1.165, 1.54) is 0 Å². The largest absolute Gasteiger partial charge is 0.409 e. The van der Waals surface area contributed by atoms with Gasteiger partial charge in [0.25, 0.3) is 0 Å². The number of oxime groups is 1. The van der Waals surface area contributed by atoms with Gasteiger partial charge in [0, 0.05) is 4.47 Å². The number of para-hydroxylation sites is 1. The Morgan fingerprint density at radius 1 is 1.44 bits per heavy atom. The number of halogens is 1. The van der Waals surface area contributed by atoms with E-state index in [1.807, 2.05) is 32.0 Å². The molecule has 0 aliphatic carbocycles. The minimum Gasteiger partial charge on any atom is -0.409 e. The average Bonchev–Trinajstić information content (AvgIpc) is 2.31. The quantitative estimate of drug-likeness (QED) is 0.345. The third-order valence-electron chi connectivity index (χ3n) is 2.51. The topological polar surface area (TPSA) is 87.7 Å². The van der Waals surface area contributed by atoms with E-state index in [9.17, 15) is 4.79 Å². The van der Waals surface area contributed by atoms with Crippen LogP contribution < -0.4 is 11.1 Å². The van der Waals surface area contributed by atoms with Crippen molar-refractivity contribution in [1.29, 1.82) is 0 Å². The molecule has 6 heteroatoms. The van der Waals surface area contributed by atoms with Crippen LogP contribution in [-0.2, 0) is 4.79 Å². The predicted molar refractivity (Wildman–Crippen MR) is 74.5 cm³/mol. The molecule has 0 aromatic heterocycles. The first-order valence-corrected chi connectivity index (χ1v) is 6.29. The van der Waals surface area contributed by atoms with Crippen LogP contribution in [0.5, 0.6) is 0 Å². The van der Waals surface area contributed by atoms with E-state index in [2.05, 4.69) is 26.4 Å². The summed E-state index contributed by atoms with van der Waals surface area (Å²) < 4.78 is 0.778. The predicted octanol–water partition coefficient (Wildman–Crippen LogP) is 2.41. The Labute approximate surface area is 114 Å². The number of nitrogens with two attached hydrogens (primary N) is 1. The Hall–Kier alpha value is -1.56. The van der Waals surface area contributed by atoms with Crippen LogP contribution >= 0.6 is 15.9 Å². The number of anilines is 1. The maximum Gasteiger partial charge on any atom is 0.235 e. The second-order valence-corrected chi connectivity index (χ2v) is 5.07. The zero-order valence-corrected chi connectivity index (χ0v) is 11.8. The maximum atomic E-state index is 12.1. The van der Waals surface area contributed by atoms with Crippen molar-refractivity contribution in [3.63, 3.8) is 0 Å². The first kappa shape index (κ1) is 14.5. The lowest BCUT2D eigenvalue weighted by atomic mass is 9.94. The number of carbonyl (C=O) groups excluding carboxylic acids is 1. The number of amidine groups is 1. The van der Waals surface area contributed by atoms with Gasteiger partial charge in [0.15, 0.2) is 5.84 Å². The molecule has 98 valence electrons. The van der Waals surface area contributed by atoms with Crippen LogP contribution in [0.1, 0.15) is 13.8 Å². The summed E-state index contributed by atoms with van der Waals surface area (Å²) in [5, 5.41) is 14.4. The zero-order valence-electron chi connectivity index (χ0n) is 10.2. The van der Waals surface area contributed by atoms with Crippen molar-refractivity contribution < 1.29 is 10.0 Å². The van der Waals surface area contributed by atoms with Gasteiger partial charge in [-0.15, -0.1) is 0 Å². The van der Waals surface area contributed by atoms with Crippen molar-refractivity contribution in [2.75, 3.05) is 5.32 Å². The number of amides is 1. The first-order valence-electron chi connectivity index (χ1n) is 5.50. The molecular weight excluding hydrogens is 298 g/mol. The fraction of sp³-hybridized carbons (Fsp3) is 0.333. The van der Waals surface area contributed by atoms with E-state index >= 15 is 0 Å². The van der Waals surface area contributed by atoms with Gasteiger partial charge in [-0.05, 0) is 34.0 Å². The molecular formula is C12H16BrN3O2. The second-order valence-electron chi connectivity index (χ2n) is 4.22. The van der Waals surface area contributed by atoms with Gasteiger partial charge < -0.3 is 16.3 Å². The lowest BCUT2D eigenvalue weighted by Gasteiger charge is -2.19. The minimum atomic E-state index is -0.665. The molecule has 0 bridgehead atoms. The lowest BCUT2D eigenvalue weighted by molar-refractivity contribution is -0.119. The molecule has 0 saturated carbocycles. The minimum absolute atomic E-state index is 0.0663. The third-order valence-corrected chi connectivity index (χ3v) is 3.21. The Morgan fingerprint density at radius 2 is 2.06 bits per heavy atom. The molecule has 0 spiro atoms. The molecule has 18 heavy (non-hydrogen) atoms. The van der Waals surface area contributed by atoms with E-state index in [1.54, 1.807) is 6.07 Å². The summed E-state index contributed by atoms with van der Waals surface area (Å²) in [5.74, 6) is -1.12. The molecule has 1 aromatic rings. The molecule has 0 aliphatic rings. The summed E-state index contributed by atoms with van der Waals surface area (Å²) in [6, 6.07) is 7.26. The smallest absolute Gasteiger partial charge is 0.235 e. The van der Waals surface area contributed by atoms with Crippen molar-refractivity contribution in [3.05, 3.63) is 28.7 Å². The number of carbonyl (C=O) groups is 1. The van der Waals surface area contributed by atoms with Crippen LogP contribution in [0.15, 0.2) is 33.9 Å². The molecule has 4 N–H and O–H groups in total. The van der Waals surface area contributed by atoms with E-state index < -0.39 is 5.92 Å². The molecule has 0 fully saturated rings. The number of benzene rings is 1. The molecule has 5 nitrogen and oxygen atoms in total. The number of hydrogen-bond acceptors (Lipinski definition) is 3. The van der Waals surface area contributed by atoms with Crippen LogP contribution in [0.25, 0.3) is 0 Å². The Kier molecular flexibility index (Phi) is 5.15. The van der Waals surface area contributed by atoms with Gasteiger partial charge in [-0.25, -0.2) is 0 Å². The first-order chi connectivity index (χ1) is 8.47. The third kappa shape index (κ3) is 3.46. The summed E-state index contributed by atoms with van der Waals surface area (Å²) in [7, 11) is 0. The van der Waals surface area contributed by atoms with Crippen LogP contribution in [0.4, 0.5) is 5.69 Å². The zero-order chi connectivity index (χ0) is 13.7. The number of hydrogen-bond donors (Lipinski definition) is 3. The van der Waals surface area contributed by atoms with E-state index in [-0.39, 0.29) is 17.7 Å². The normalized spacial score (nSPS) is 13.4. The van der Waals surface area contributed by atoms with E-state index in [0.29, 0.717) is 5.69 Å². The molecule has 0 heterocycles. The monoisotopic (exact) mass is 313 g/mol. The molecule has 0 aliphatic heterocycles. The summed E-state index contributed by atoms with van der Waals surface area (Å²) in [5.41, 5.74) is 6.19. The molecule has 1 rings (SSSR count). The highest BCUT2D eigenvalue weighted by atomic mass is 79.9. The maximum absolute atomic E-state index is 12.1. The Balaban J connectivity index is 2.90. The standard InChI is InChI=1S/C12H16BrN3O2/c1-7(2)10(11(14)16-18)12(17)15-9-6-4-3-5-8(9)13/h3-7,10,18H,1-2H3,(H2,14,16)(H,15,17). The van der Waals surface area contributed by atoms with Crippen LogP contribution in [0.2, 0.25) is 0 Å². The van der Waals surface area contributed by atoms with Gasteiger partial charge in [-0.1, -0.05) is 31.1 Å². The average molecular weight is 314 g/mol. The van der Waals surface area contributed by atoms with Crippen LogP contribution in [0, 0.1) is 11.8 Å². The van der Waals surface area contributed by atoms with E-state index in [4.69, 9.17) is 10.9 Å². The highest BCUT2D eigenvalue weighted by Gasteiger charge is 2.27. The van der Waals surface area contributed by atoms with Gasteiger partial charge in [-0.3, -0.25) is 4.79 Å². The SMILES string of the molecule is CC(C)C(C(=O)Nc1ccccc1Br)C(N)=NO. The Bertz CT molecular complexity index is 460. The molecule has 1 atom stereocenters. The summed E-state index contributed by atoms with van der Waals surface area (Å²) in [6.07, 6.45) is 0. The van der Waals surface area contributed by atoms with Crippen LogP contribution in [-0.4, -0.2) is 17.0 Å². The number of rotatable bonds is 4. The summed E-state index contributed by atoms with van der Waals surface area (Å²) in [6.45, 7) is 3.67. The lowest BCUT2D eigenvalue weighted by Crippen LogP contribution is -2.38. The molecule has 1 aromatic carbocycles. The van der Waals surface area contributed by atoms with Gasteiger partial charge in [0.2, 0.25) is 5.91 Å². The molecule has 1 amide bonds. The van der Waals surface area contributed by atoms with Gasteiger partial charge in [-0.2, -0.15) is 0 Å². The van der Waals surface area contributed by atoms with Crippen molar-refractivity contribution in [3.8, 4) is 0 Å².